The summed E-state index contributed by atoms with van der Waals surface area (Å²) in [7, 11) is 1.39. The third-order valence-electron chi connectivity index (χ3n) is 4.71. The van der Waals surface area contributed by atoms with Gasteiger partial charge in [0.25, 0.3) is 5.91 Å². The molecule has 5 nitrogen and oxygen atoms in total. The Hall–Kier alpha value is -3.84. The van der Waals surface area contributed by atoms with Crippen LogP contribution in [0, 0.1) is 17.1 Å². The lowest BCUT2D eigenvalue weighted by molar-refractivity contribution is -0.137. The minimum Gasteiger partial charge on any atom is -0.493 e. The first-order chi connectivity index (χ1) is 16.6. The number of benzene rings is 3. The van der Waals surface area contributed by atoms with Crippen LogP contribution in [-0.4, -0.2) is 13.0 Å². The molecule has 1 N–H and O–H groups in total. The molecule has 0 aromatic heterocycles. The summed E-state index contributed by atoms with van der Waals surface area (Å²) >= 11 is 3.34. The average Bonchev–Trinajstić information content (AvgIpc) is 2.82. The largest absolute Gasteiger partial charge is 0.493 e. The molecule has 0 aliphatic heterocycles. The van der Waals surface area contributed by atoms with Gasteiger partial charge in [-0.05, 0) is 64.0 Å². The van der Waals surface area contributed by atoms with Crippen molar-refractivity contribution in [3.8, 4) is 17.6 Å². The molecule has 0 heterocycles. The Bertz CT molecular complexity index is 1320. The van der Waals surface area contributed by atoms with E-state index in [-0.39, 0.29) is 29.4 Å². The monoisotopic (exact) mass is 548 g/mol. The molecule has 0 aliphatic rings. The minimum atomic E-state index is -4.58. The summed E-state index contributed by atoms with van der Waals surface area (Å²) < 4.78 is 64.1. The molecule has 1 amide bonds. The van der Waals surface area contributed by atoms with Gasteiger partial charge in [0.2, 0.25) is 0 Å². The van der Waals surface area contributed by atoms with Gasteiger partial charge in [-0.25, -0.2) is 4.39 Å². The fraction of sp³-hybridized carbons (Fsp3) is 0.120. The Morgan fingerprint density at radius 1 is 1.14 bits per heavy atom. The van der Waals surface area contributed by atoms with Crippen molar-refractivity contribution in [3.63, 3.8) is 0 Å². The van der Waals surface area contributed by atoms with E-state index in [9.17, 15) is 27.6 Å². The molecule has 0 aliphatic carbocycles. The zero-order valence-corrected chi connectivity index (χ0v) is 19.7. The lowest BCUT2D eigenvalue weighted by atomic mass is 10.1. The van der Waals surface area contributed by atoms with Crippen LogP contribution < -0.4 is 14.8 Å². The summed E-state index contributed by atoms with van der Waals surface area (Å²) in [5, 5.41) is 11.7. The summed E-state index contributed by atoms with van der Waals surface area (Å²) in [5.41, 5.74) is -0.679. The van der Waals surface area contributed by atoms with Crippen LogP contribution in [0.2, 0.25) is 0 Å². The van der Waals surface area contributed by atoms with Gasteiger partial charge in [-0.1, -0.05) is 24.3 Å². The Morgan fingerprint density at radius 2 is 1.89 bits per heavy atom. The van der Waals surface area contributed by atoms with Crippen LogP contribution in [0.15, 0.2) is 70.7 Å². The number of nitriles is 1. The van der Waals surface area contributed by atoms with Gasteiger partial charge in [0.15, 0.2) is 11.5 Å². The van der Waals surface area contributed by atoms with E-state index in [0.717, 1.165) is 18.2 Å². The van der Waals surface area contributed by atoms with Crippen LogP contribution in [0.25, 0.3) is 6.08 Å². The van der Waals surface area contributed by atoms with Crippen molar-refractivity contribution >= 4 is 33.6 Å². The molecule has 3 aromatic rings. The maximum Gasteiger partial charge on any atom is 0.416 e. The number of alkyl halides is 3. The normalized spacial score (nSPS) is 11.5. The van der Waals surface area contributed by atoms with Gasteiger partial charge in [0, 0.05) is 11.3 Å². The molecule has 0 saturated heterocycles. The van der Waals surface area contributed by atoms with E-state index in [4.69, 9.17) is 9.47 Å². The van der Waals surface area contributed by atoms with E-state index < -0.39 is 23.5 Å². The lowest BCUT2D eigenvalue weighted by Gasteiger charge is -2.14. The molecule has 3 aromatic carbocycles. The van der Waals surface area contributed by atoms with Gasteiger partial charge >= 0.3 is 6.18 Å². The smallest absolute Gasteiger partial charge is 0.416 e. The molecule has 180 valence electrons. The molecule has 35 heavy (non-hydrogen) atoms. The Labute approximate surface area is 206 Å². The second kappa shape index (κ2) is 11.1. The van der Waals surface area contributed by atoms with Gasteiger partial charge in [0.1, 0.15) is 24.1 Å². The Morgan fingerprint density at radius 3 is 2.54 bits per heavy atom. The summed E-state index contributed by atoms with van der Waals surface area (Å²) in [6.45, 7) is -0.0698. The van der Waals surface area contributed by atoms with E-state index in [1.807, 2.05) is 0 Å². The summed E-state index contributed by atoms with van der Waals surface area (Å²) in [4.78, 5) is 12.5. The maximum absolute atomic E-state index is 13.9. The SMILES string of the molecule is COc1cc(/C=C(\C#N)C(=O)Nc2cccc(C(F)(F)F)c2)cc(Br)c1OCc1ccccc1F. The third kappa shape index (κ3) is 6.61. The van der Waals surface area contributed by atoms with Crippen LogP contribution >= 0.6 is 15.9 Å². The van der Waals surface area contributed by atoms with E-state index in [1.165, 1.54) is 31.4 Å². The van der Waals surface area contributed by atoms with Gasteiger partial charge < -0.3 is 14.8 Å². The summed E-state index contributed by atoms with van der Waals surface area (Å²) in [6.07, 6.45) is -3.33. The molecular weight excluding hydrogens is 532 g/mol. The number of halogens is 5. The number of ether oxygens (including phenoxy) is 2. The van der Waals surface area contributed by atoms with Gasteiger partial charge in [-0.15, -0.1) is 0 Å². The first-order valence-corrected chi connectivity index (χ1v) is 10.8. The fourth-order valence-corrected chi connectivity index (χ4v) is 3.59. The van der Waals surface area contributed by atoms with Crippen LogP contribution in [0.4, 0.5) is 23.2 Å². The van der Waals surface area contributed by atoms with Gasteiger partial charge in [0.05, 0.1) is 17.1 Å². The van der Waals surface area contributed by atoms with Crippen molar-refractivity contribution in [2.75, 3.05) is 12.4 Å². The van der Waals surface area contributed by atoms with Crippen LogP contribution in [0.1, 0.15) is 16.7 Å². The minimum absolute atomic E-state index is 0.0698. The number of anilines is 1. The predicted molar refractivity (Wildman–Crippen MR) is 125 cm³/mol. The van der Waals surface area contributed by atoms with E-state index in [2.05, 4.69) is 21.2 Å². The van der Waals surface area contributed by atoms with Crippen molar-refractivity contribution in [1.82, 2.24) is 0 Å². The molecule has 0 radical (unpaired) electrons. The van der Waals surface area contributed by atoms with E-state index >= 15 is 0 Å². The number of carbonyl (C=O) groups excluding carboxylic acids is 1. The Balaban J connectivity index is 1.83. The molecule has 0 unspecified atom stereocenters. The van der Waals surface area contributed by atoms with Crippen molar-refractivity contribution in [3.05, 3.63) is 93.2 Å². The second-order valence-electron chi connectivity index (χ2n) is 7.12. The molecular formula is C25H17BrF4N2O3. The Kier molecular flexibility index (Phi) is 8.14. The highest BCUT2D eigenvalue weighted by Crippen LogP contribution is 2.38. The highest BCUT2D eigenvalue weighted by atomic mass is 79.9. The van der Waals surface area contributed by atoms with Gasteiger partial charge in [-0.2, -0.15) is 18.4 Å². The highest BCUT2D eigenvalue weighted by Gasteiger charge is 2.30. The fourth-order valence-electron chi connectivity index (χ4n) is 3.02. The standard InChI is InChI=1S/C25H17BrF4N2O3/c1-34-22-11-15(10-20(26)23(22)35-14-16-5-2-3-8-21(16)27)9-17(13-31)24(33)32-19-7-4-6-18(12-19)25(28,29)30/h2-12H,14H2,1H3,(H,32,33)/b17-9+. The number of carbonyl (C=O) groups is 1. The number of rotatable bonds is 7. The van der Waals surface area contributed by atoms with Crippen LogP contribution in [0.3, 0.4) is 0 Å². The third-order valence-corrected chi connectivity index (χ3v) is 5.29. The molecule has 3 rings (SSSR count). The lowest BCUT2D eigenvalue weighted by Crippen LogP contribution is -2.14. The predicted octanol–water partition coefficient (Wildman–Crippen LogP) is 6.74. The number of nitrogens with one attached hydrogen (secondary N) is 1. The molecule has 0 fully saturated rings. The topological polar surface area (TPSA) is 71.3 Å². The first kappa shape index (κ1) is 25.8. The molecule has 0 saturated carbocycles. The van der Waals surface area contributed by atoms with Crippen molar-refractivity contribution in [1.29, 1.82) is 5.26 Å². The molecule has 0 atom stereocenters. The highest BCUT2D eigenvalue weighted by molar-refractivity contribution is 9.10. The number of hydrogen-bond acceptors (Lipinski definition) is 4. The molecule has 0 bridgehead atoms. The van der Waals surface area contributed by atoms with E-state index in [0.29, 0.717) is 15.6 Å². The number of hydrogen-bond donors (Lipinski definition) is 1. The zero-order valence-electron chi connectivity index (χ0n) is 18.1. The molecule has 0 spiro atoms. The van der Waals surface area contributed by atoms with Crippen LogP contribution in [0.5, 0.6) is 11.5 Å². The maximum atomic E-state index is 13.9. The average molecular weight is 549 g/mol. The second-order valence-corrected chi connectivity index (χ2v) is 7.97. The van der Waals surface area contributed by atoms with Crippen molar-refractivity contribution in [2.45, 2.75) is 12.8 Å². The van der Waals surface area contributed by atoms with Crippen LogP contribution in [-0.2, 0) is 17.6 Å². The summed E-state index contributed by atoms with van der Waals surface area (Å²) in [6, 6.07) is 15.0. The van der Waals surface area contributed by atoms with Crippen molar-refractivity contribution in [2.24, 2.45) is 0 Å². The molecule has 10 heteroatoms. The van der Waals surface area contributed by atoms with Gasteiger partial charge in [-0.3, -0.25) is 4.79 Å². The zero-order chi connectivity index (χ0) is 25.6. The number of nitrogens with zero attached hydrogens (tertiary/aromatic N) is 1. The number of methoxy groups -OCH3 is 1. The summed E-state index contributed by atoms with van der Waals surface area (Å²) in [5.74, 6) is -0.785. The number of amides is 1. The van der Waals surface area contributed by atoms with Crippen molar-refractivity contribution < 1.29 is 31.8 Å². The first-order valence-electron chi connectivity index (χ1n) is 9.96. The van der Waals surface area contributed by atoms with E-state index in [1.54, 1.807) is 30.3 Å². The quantitative estimate of drug-likeness (QED) is 0.201.